The predicted molar refractivity (Wildman–Crippen MR) is 99.3 cm³/mol. The quantitative estimate of drug-likeness (QED) is 0.602. The number of carbonyl (C=O) groups excluding carboxylic acids is 2. The molecular weight excluding hydrogens is 332 g/mol. The number of rotatable bonds is 6. The van der Waals surface area contributed by atoms with Crippen LogP contribution in [-0.4, -0.2) is 31.6 Å². The van der Waals surface area contributed by atoms with Crippen molar-refractivity contribution >= 4 is 11.9 Å². The maximum atomic E-state index is 12.7. The van der Waals surface area contributed by atoms with Crippen molar-refractivity contribution < 1.29 is 19.2 Å². The molecule has 1 unspecified atom stereocenters. The molecule has 0 spiro atoms. The van der Waals surface area contributed by atoms with E-state index in [1.807, 2.05) is 26.8 Å². The van der Waals surface area contributed by atoms with Gasteiger partial charge in [-0.15, -0.1) is 0 Å². The van der Waals surface area contributed by atoms with Crippen LogP contribution >= 0.6 is 0 Å². The minimum atomic E-state index is -1.03. The van der Waals surface area contributed by atoms with E-state index in [-0.39, 0.29) is 12.3 Å². The molecule has 0 aliphatic heterocycles. The Kier molecular flexibility index (Phi) is 6.42. The van der Waals surface area contributed by atoms with Crippen LogP contribution in [-0.2, 0) is 25.6 Å². The molecular formula is C20H28N2O4. The minimum absolute atomic E-state index is 0.179. The Morgan fingerprint density at radius 2 is 1.81 bits per heavy atom. The van der Waals surface area contributed by atoms with E-state index in [9.17, 15) is 9.59 Å². The summed E-state index contributed by atoms with van der Waals surface area (Å²) in [4.78, 5) is 30.0. The molecule has 142 valence electrons. The summed E-state index contributed by atoms with van der Waals surface area (Å²) < 4.78 is 4.97. The SMILES string of the molecule is CONC1=CCC(NC(=O)Cc2c(C)cc(C)cc2C)(C(=O)OC)CC1. The second kappa shape index (κ2) is 8.36. The first-order valence-corrected chi connectivity index (χ1v) is 8.75. The number of hydrogen-bond donors (Lipinski definition) is 2. The molecule has 1 aliphatic rings. The summed E-state index contributed by atoms with van der Waals surface area (Å²) in [5, 5.41) is 2.94. The highest BCUT2D eigenvalue weighted by Crippen LogP contribution is 2.28. The summed E-state index contributed by atoms with van der Waals surface area (Å²) in [6.07, 6.45) is 3.52. The molecule has 1 aromatic rings. The maximum Gasteiger partial charge on any atom is 0.331 e. The number of esters is 1. The van der Waals surface area contributed by atoms with Gasteiger partial charge in [0, 0.05) is 12.1 Å². The molecule has 1 aliphatic carbocycles. The first kappa shape index (κ1) is 20.0. The highest BCUT2D eigenvalue weighted by atomic mass is 16.6. The lowest BCUT2D eigenvalue weighted by atomic mass is 9.84. The van der Waals surface area contributed by atoms with Crippen molar-refractivity contribution in [3.05, 3.63) is 46.2 Å². The van der Waals surface area contributed by atoms with Gasteiger partial charge in [0.15, 0.2) is 0 Å². The molecule has 1 amide bonds. The summed E-state index contributed by atoms with van der Waals surface area (Å²) in [5.74, 6) is -0.599. The zero-order valence-corrected chi connectivity index (χ0v) is 16.2. The van der Waals surface area contributed by atoms with Gasteiger partial charge >= 0.3 is 5.97 Å². The van der Waals surface area contributed by atoms with Crippen molar-refractivity contribution in [2.75, 3.05) is 14.2 Å². The fraction of sp³-hybridized carbons (Fsp3) is 0.500. The Morgan fingerprint density at radius 3 is 2.31 bits per heavy atom. The molecule has 26 heavy (non-hydrogen) atoms. The number of hydroxylamine groups is 1. The molecule has 1 atom stereocenters. The van der Waals surface area contributed by atoms with Crippen molar-refractivity contribution in [3.8, 4) is 0 Å². The molecule has 0 fully saturated rings. The Bertz CT molecular complexity index is 704. The number of carbonyl (C=O) groups is 2. The second-order valence-electron chi connectivity index (χ2n) is 6.92. The smallest absolute Gasteiger partial charge is 0.331 e. The van der Waals surface area contributed by atoms with Gasteiger partial charge in [0.1, 0.15) is 5.54 Å². The highest BCUT2D eigenvalue weighted by Gasteiger charge is 2.42. The third kappa shape index (κ3) is 4.43. The number of ether oxygens (including phenoxy) is 1. The zero-order valence-electron chi connectivity index (χ0n) is 16.2. The number of amides is 1. The number of hydrogen-bond acceptors (Lipinski definition) is 5. The van der Waals surface area contributed by atoms with E-state index in [4.69, 9.17) is 9.57 Å². The van der Waals surface area contributed by atoms with Crippen LogP contribution in [0.5, 0.6) is 0 Å². The molecule has 6 heteroatoms. The third-order valence-electron chi connectivity index (χ3n) is 4.88. The summed E-state index contributed by atoms with van der Waals surface area (Å²) in [7, 11) is 2.88. The van der Waals surface area contributed by atoms with Crippen LogP contribution in [0.1, 0.15) is 41.5 Å². The molecule has 0 bridgehead atoms. The third-order valence-corrected chi connectivity index (χ3v) is 4.88. The molecule has 0 radical (unpaired) electrons. The molecule has 0 saturated carbocycles. The fourth-order valence-corrected chi connectivity index (χ4v) is 3.58. The summed E-state index contributed by atoms with van der Waals surface area (Å²) in [5.41, 5.74) is 6.99. The van der Waals surface area contributed by atoms with Gasteiger partial charge in [-0.05, 0) is 50.3 Å². The lowest BCUT2D eigenvalue weighted by Gasteiger charge is -2.34. The summed E-state index contributed by atoms with van der Waals surface area (Å²) in [6, 6.07) is 4.13. The molecule has 0 saturated heterocycles. The predicted octanol–water partition coefficient (Wildman–Crippen LogP) is 2.40. The van der Waals surface area contributed by atoms with Gasteiger partial charge in [-0.2, -0.15) is 0 Å². The first-order valence-electron chi connectivity index (χ1n) is 8.75. The van der Waals surface area contributed by atoms with Crippen LogP contribution in [0, 0.1) is 20.8 Å². The van der Waals surface area contributed by atoms with Crippen molar-refractivity contribution in [1.29, 1.82) is 0 Å². The maximum absolute atomic E-state index is 12.7. The van der Waals surface area contributed by atoms with Gasteiger partial charge in [-0.3, -0.25) is 15.1 Å². The molecule has 2 N–H and O–H groups in total. The van der Waals surface area contributed by atoms with E-state index in [0.717, 1.165) is 22.4 Å². The minimum Gasteiger partial charge on any atom is -0.467 e. The average Bonchev–Trinajstić information content (AvgIpc) is 2.59. The van der Waals surface area contributed by atoms with Gasteiger partial charge in [0.2, 0.25) is 5.91 Å². The first-order chi connectivity index (χ1) is 12.3. The zero-order chi connectivity index (χ0) is 19.3. The topological polar surface area (TPSA) is 76.7 Å². The molecule has 6 nitrogen and oxygen atoms in total. The number of nitrogens with one attached hydrogen (secondary N) is 2. The molecule has 1 aromatic carbocycles. The van der Waals surface area contributed by atoms with Gasteiger partial charge in [0.25, 0.3) is 0 Å². The summed E-state index contributed by atoms with van der Waals surface area (Å²) in [6.45, 7) is 6.05. The van der Waals surface area contributed by atoms with Gasteiger partial charge < -0.3 is 10.1 Å². The number of allylic oxidation sites excluding steroid dienone is 1. The molecule has 0 heterocycles. The molecule has 2 rings (SSSR count). The van der Waals surface area contributed by atoms with Crippen LogP contribution in [0.4, 0.5) is 0 Å². The Morgan fingerprint density at radius 1 is 1.15 bits per heavy atom. The monoisotopic (exact) mass is 360 g/mol. The van der Waals surface area contributed by atoms with Crippen molar-refractivity contribution in [1.82, 2.24) is 10.8 Å². The average molecular weight is 360 g/mol. The van der Waals surface area contributed by atoms with E-state index in [2.05, 4.69) is 22.9 Å². The van der Waals surface area contributed by atoms with Crippen molar-refractivity contribution in [2.45, 2.75) is 52.0 Å². The lowest BCUT2D eigenvalue weighted by Crippen LogP contribution is -2.56. The van der Waals surface area contributed by atoms with Gasteiger partial charge in [-0.1, -0.05) is 23.8 Å². The van der Waals surface area contributed by atoms with E-state index in [1.54, 1.807) is 0 Å². The second-order valence-corrected chi connectivity index (χ2v) is 6.92. The van der Waals surface area contributed by atoms with Crippen LogP contribution in [0.3, 0.4) is 0 Å². The standard InChI is InChI=1S/C20H28N2O4/c1-13-10-14(2)17(15(3)11-13)12-18(23)21-20(19(24)25-4)8-6-16(7-9-20)22-26-5/h6,10-11,22H,7-9,12H2,1-5H3,(H,21,23). The summed E-state index contributed by atoms with van der Waals surface area (Å²) >= 11 is 0. The van der Waals surface area contributed by atoms with E-state index >= 15 is 0 Å². The van der Waals surface area contributed by atoms with E-state index < -0.39 is 11.5 Å². The van der Waals surface area contributed by atoms with Crippen molar-refractivity contribution in [2.24, 2.45) is 0 Å². The number of aryl methyl sites for hydroxylation is 3. The highest BCUT2D eigenvalue weighted by molar-refractivity contribution is 5.89. The Labute approximate surface area is 154 Å². The van der Waals surface area contributed by atoms with Gasteiger partial charge in [0.05, 0.1) is 20.6 Å². The number of benzene rings is 1. The van der Waals surface area contributed by atoms with Crippen LogP contribution in [0.15, 0.2) is 23.9 Å². The normalized spacial score (nSPS) is 19.5. The molecule has 0 aromatic heterocycles. The lowest BCUT2D eigenvalue weighted by molar-refractivity contribution is -0.151. The van der Waals surface area contributed by atoms with E-state index in [1.165, 1.54) is 19.8 Å². The van der Waals surface area contributed by atoms with Crippen molar-refractivity contribution in [3.63, 3.8) is 0 Å². The van der Waals surface area contributed by atoms with Crippen LogP contribution in [0.25, 0.3) is 0 Å². The van der Waals surface area contributed by atoms with Crippen LogP contribution in [0.2, 0.25) is 0 Å². The van der Waals surface area contributed by atoms with Gasteiger partial charge in [-0.25, -0.2) is 4.79 Å². The Hall–Kier alpha value is -2.34. The Balaban J connectivity index is 2.17. The van der Waals surface area contributed by atoms with Crippen LogP contribution < -0.4 is 10.8 Å². The van der Waals surface area contributed by atoms with E-state index in [0.29, 0.717) is 19.3 Å². The largest absolute Gasteiger partial charge is 0.467 e. The number of methoxy groups -OCH3 is 1. The fourth-order valence-electron chi connectivity index (χ4n) is 3.58.